The van der Waals surface area contributed by atoms with Gasteiger partial charge in [0.25, 0.3) is 0 Å². The molecule has 4 nitrogen and oxygen atoms in total. The fraction of sp³-hybridized carbons (Fsp3) is 0.385. The first-order chi connectivity index (χ1) is 9.31. The zero-order chi connectivity index (χ0) is 13.1. The number of rotatable bonds is 5. The van der Waals surface area contributed by atoms with Gasteiger partial charge in [0.15, 0.2) is 0 Å². The molecule has 2 aromatic rings. The van der Waals surface area contributed by atoms with Crippen molar-refractivity contribution in [3.8, 4) is 11.4 Å². The molecule has 1 aromatic heterocycles. The monoisotopic (exact) mass is 279 g/mol. The maximum absolute atomic E-state index is 12.8. The van der Waals surface area contributed by atoms with E-state index < -0.39 is 0 Å². The minimum absolute atomic E-state index is 0.267. The molecule has 1 aliphatic rings. The van der Waals surface area contributed by atoms with Crippen LogP contribution in [0.5, 0.6) is 0 Å². The first-order valence-corrected chi connectivity index (χ1v) is 7.34. The van der Waals surface area contributed by atoms with Gasteiger partial charge >= 0.3 is 0 Å². The smallest absolute Gasteiger partial charge is 0.236 e. The quantitative estimate of drug-likeness (QED) is 0.910. The van der Waals surface area contributed by atoms with Gasteiger partial charge in [0.1, 0.15) is 5.82 Å². The summed E-state index contributed by atoms with van der Waals surface area (Å²) in [5.74, 6) is 3.48. The van der Waals surface area contributed by atoms with Gasteiger partial charge < -0.3 is 9.84 Å². The lowest BCUT2D eigenvalue weighted by molar-refractivity contribution is 0.382. The van der Waals surface area contributed by atoms with Crippen molar-refractivity contribution in [2.45, 2.75) is 5.75 Å². The second kappa shape index (κ2) is 5.71. The van der Waals surface area contributed by atoms with Gasteiger partial charge in [-0.25, -0.2) is 4.39 Å². The maximum atomic E-state index is 12.8. The van der Waals surface area contributed by atoms with E-state index in [1.807, 2.05) is 0 Å². The predicted octanol–water partition coefficient (Wildman–Crippen LogP) is 2.33. The van der Waals surface area contributed by atoms with Gasteiger partial charge in [0, 0.05) is 5.56 Å². The molecule has 0 unspecified atom stereocenters. The lowest BCUT2D eigenvalue weighted by Gasteiger charge is -2.26. The summed E-state index contributed by atoms with van der Waals surface area (Å²) in [6.07, 6.45) is 0. The molecule has 6 heteroatoms. The van der Waals surface area contributed by atoms with Crippen molar-refractivity contribution in [1.29, 1.82) is 0 Å². The number of aromatic nitrogens is 2. The van der Waals surface area contributed by atoms with Crippen molar-refractivity contribution in [3.05, 3.63) is 36.0 Å². The van der Waals surface area contributed by atoms with Crippen molar-refractivity contribution in [2.75, 3.05) is 18.8 Å². The van der Waals surface area contributed by atoms with Crippen LogP contribution in [0.4, 0.5) is 4.39 Å². The van der Waals surface area contributed by atoms with Crippen LogP contribution in [0.1, 0.15) is 5.89 Å². The summed E-state index contributed by atoms with van der Waals surface area (Å²) in [5.41, 5.74) is 0.768. The molecule has 1 fully saturated rings. The Hall–Kier alpha value is -1.40. The number of nitrogens with zero attached hydrogens (tertiary/aromatic N) is 2. The van der Waals surface area contributed by atoms with Crippen molar-refractivity contribution < 1.29 is 8.91 Å². The van der Waals surface area contributed by atoms with E-state index in [2.05, 4.69) is 15.5 Å². The molecule has 1 aliphatic heterocycles. The normalized spacial score (nSPS) is 15.4. The summed E-state index contributed by atoms with van der Waals surface area (Å²) < 4.78 is 18.0. The van der Waals surface area contributed by atoms with Crippen LogP contribution in [-0.2, 0) is 5.75 Å². The van der Waals surface area contributed by atoms with E-state index in [9.17, 15) is 4.39 Å². The number of benzene rings is 1. The lowest BCUT2D eigenvalue weighted by atomic mass is 10.1. The second-order valence-corrected chi connectivity index (χ2v) is 5.59. The Kier molecular flexibility index (Phi) is 3.79. The van der Waals surface area contributed by atoms with E-state index in [1.54, 1.807) is 23.9 Å². The molecule has 1 aromatic carbocycles. The predicted molar refractivity (Wildman–Crippen MR) is 72.2 cm³/mol. The first-order valence-electron chi connectivity index (χ1n) is 6.18. The Bertz CT molecular complexity index is 539. The van der Waals surface area contributed by atoms with E-state index in [-0.39, 0.29) is 5.82 Å². The highest BCUT2D eigenvalue weighted by Gasteiger charge is 2.17. The van der Waals surface area contributed by atoms with Gasteiger partial charge in [-0.1, -0.05) is 5.16 Å². The number of nitrogens with one attached hydrogen (secondary N) is 1. The van der Waals surface area contributed by atoms with E-state index >= 15 is 0 Å². The Morgan fingerprint density at radius 2 is 2.11 bits per heavy atom. The van der Waals surface area contributed by atoms with Gasteiger partial charge in [-0.2, -0.15) is 16.7 Å². The Morgan fingerprint density at radius 3 is 2.79 bits per heavy atom. The number of halogens is 1. The molecule has 1 N–H and O–H groups in total. The van der Waals surface area contributed by atoms with Gasteiger partial charge in [-0.15, -0.1) is 0 Å². The maximum Gasteiger partial charge on any atom is 0.236 e. The molecule has 0 spiro atoms. The molecule has 0 amide bonds. The third-order valence-corrected chi connectivity index (χ3v) is 4.17. The summed E-state index contributed by atoms with van der Waals surface area (Å²) in [7, 11) is 0. The Labute approximate surface area is 114 Å². The number of hydrogen-bond acceptors (Lipinski definition) is 5. The van der Waals surface area contributed by atoms with Crippen LogP contribution in [0, 0.1) is 11.7 Å². The Morgan fingerprint density at radius 1 is 1.32 bits per heavy atom. The van der Waals surface area contributed by atoms with Crippen LogP contribution < -0.4 is 5.32 Å². The molecule has 2 heterocycles. The average Bonchev–Trinajstić information content (AvgIpc) is 2.82. The molecule has 0 aliphatic carbocycles. The molecule has 100 valence electrons. The molecule has 3 rings (SSSR count). The van der Waals surface area contributed by atoms with Crippen LogP contribution in [0.3, 0.4) is 0 Å². The van der Waals surface area contributed by atoms with E-state index in [4.69, 9.17) is 4.52 Å². The van der Waals surface area contributed by atoms with Crippen molar-refractivity contribution in [3.63, 3.8) is 0 Å². The van der Waals surface area contributed by atoms with Crippen molar-refractivity contribution in [1.82, 2.24) is 15.5 Å². The van der Waals surface area contributed by atoms with E-state index in [1.165, 1.54) is 12.1 Å². The number of thioether (sulfide) groups is 1. The highest BCUT2D eigenvalue weighted by Crippen LogP contribution is 2.20. The average molecular weight is 279 g/mol. The summed E-state index contributed by atoms with van der Waals surface area (Å²) in [4.78, 5) is 4.31. The van der Waals surface area contributed by atoms with Gasteiger partial charge in [-0.05, 0) is 49.0 Å². The molecular formula is C13H14FN3OS. The largest absolute Gasteiger partial charge is 0.338 e. The summed E-state index contributed by atoms with van der Waals surface area (Å²) >= 11 is 1.81. The molecule has 0 atom stereocenters. The van der Waals surface area contributed by atoms with Crippen molar-refractivity contribution >= 4 is 11.8 Å². The van der Waals surface area contributed by atoms with Crippen LogP contribution in [-0.4, -0.2) is 29.0 Å². The van der Waals surface area contributed by atoms with Gasteiger partial charge in [0.2, 0.25) is 11.7 Å². The van der Waals surface area contributed by atoms with Gasteiger partial charge in [0.05, 0.1) is 5.75 Å². The van der Waals surface area contributed by atoms with Crippen LogP contribution in [0.2, 0.25) is 0 Å². The van der Waals surface area contributed by atoms with E-state index in [0.29, 0.717) is 11.7 Å². The van der Waals surface area contributed by atoms with Crippen LogP contribution in [0.25, 0.3) is 11.4 Å². The highest BCUT2D eigenvalue weighted by atomic mass is 32.2. The number of hydrogen-bond donors (Lipinski definition) is 1. The molecule has 0 saturated carbocycles. The summed E-state index contributed by atoms with van der Waals surface area (Å²) in [5, 5.41) is 7.16. The molecule has 19 heavy (non-hydrogen) atoms. The standard InChI is InChI=1S/C13H14FN3OS/c14-11-3-1-10(2-4-11)13-16-12(18-17-13)8-19-7-9-5-15-6-9/h1-4,9,15H,5-8H2. The second-order valence-electron chi connectivity index (χ2n) is 4.56. The highest BCUT2D eigenvalue weighted by molar-refractivity contribution is 7.98. The summed E-state index contributed by atoms with van der Waals surface area (Å²) in [6, 6.07) is 6.09. The molecule has 1 saturated heterocycles. The fourth-order valence-electron chi connectivity index (χ4n) is 1.81. The van der Waals surface area contributed by atoms with Crippen molar-refractivity contribution in [2.24, 2.45) is 5.92 Å². The Balaban J connectivity index is 1.57. The van der Waals surface area contributed by atoms with E-state index in [0.717, 1.165) is 36.1 Å². The molecule has 0 radical (unpaired) electrons. The molecular weight excluding hydrogens is 265 g/mol. The third-order valence-electron chi connectivity index (χ3n) is 3.02. The fourth-order valence-corrected chi connectivity index (χ4v) is 2.79. The third kappa shape index (κ3) is 3.13. The van der Waals surface area contributed by atoms with Crippen LogP contribution in [0.15, 0.2) is 28.8 Å². The SMILES string of the molecule is Fc1ccc(-c2noc(CSCC3CNC3)n2)cc1. The van der Waals surface area contributed by atoms with Gasteiger partial charge in [-0.3, -0.25) is 0 Å². The summed E-state index contributed by atoms with van der Waals surface area (Å²) in [6.45, 7) is 2.22. The minimum Gasteiger partial charge on any atom is -0.338 e. The topological polar surface area (TPSA) is 51.0 Å². The van der Waals surface area contributed by atoms with Crippen LogP contribution >= 0.6 is 11.8 Å². The first kappa shape index (κ1) is 12.6. The minimum atomic E-state index is -0.267. The zero-order valence-corrected chi connectivity index (χ0v) is 11.1. The lowest BCUT2D eigenvalue weighted by Crippen LogP contribution is -2.43. The molecule has 0 bridgehead atoms. The zero-order valence-electron chi connectivity index (χ0n) is 10.3.